The second-order valence-electron chi connectivity index (χ2n) is 1.37. The van der Waals surface area contributed by atoms with Gasteiger partial charge in [0.1, 0.15) is 0 Å². The van der Waals surface area contributed by atoms with E-state index in [0.29, 0.717) is 0 Å². The van der Waals surface area contributed by atoms with E-state index >= 15 is 0 Å². The van der Waals surface area contributed by atoms with Gasteiger partial charge in [0.15, 0.2) is 0 Å². The molecular weight excluding hydrogens is 529 g/mol. The summed E-state index contributed by atoms with van der Waals surface area (Å²) in [6.45, 7) is 0. The quantitative estimate of drug-likeness (QED) is 0.267. The van der Waals surface area contributed by atoms with Gasteiger partial charge in [-0.25, -0.2) is 0 Å². The van der Waals surface area contributed by atoms with E-state index in [2.05, 4.69) is 3.49 Å². The van der Waals surface area contributed by atoms with Crippen molar-refractivity contribution in [2.45, 2.75) is 0 Å². The summed E-state index contributed by atoms with van der Waals surface area (Å²) in [4.78, 5) is 0. The van der Waals surface area contributed by atoms with Gasteiger partial charge >= 0.3 is 104 Å². The van der Waals surface area contributed by atoms with Gasteiger partial charge in [-0.15, -0.1) is 0 Å². The van der Waals surface area contributed by atoms with Gasteiger partial charge in [-0.3, -0.25) is 0 Å². The van der Waals surface area contributed by atoms with Crippen LogP contribution in [0.4, 0.5) is 0 Å². The first-order valence-electron chi connectivity index (χ1n) is 2.73. The Labute approximate surface area is 102 Å². The Balaban J connectivity index is 2.75. The summed E-state index contributed by atoms with van der Waals surface area (Å²) in [7, 11) is 0. The summed E-state index contributed by atoms with van der Waals surface area (Å²) in [6, 6.07) is 0. The fourth-order valence-corrected chi connectivity index (χ4v) is 54.3. The molecular formula is H9In4N5. The first-order chi connectivity index (χ1) is 4.41. The zero-order chi connectivity index (χ0) is 6.95. The minimum atomic E-state index is -0.869. The van der Waals surface area contributed by atoms with Gasteiger partial charge in [0.25, 0.3) is 0 Å². The van der Waals surface area contributed by atoms with Crippen LogP contribution in [0.15, 0.2) is 0.904 Å². The molecule has 9 heteroatoms. The van der Waals surface area contributed by atoms with Gasteiger partial charge in [0.2, 0.25) is 0 Å². The van der Waals surface area contributed by atoms with Crippen LogP contribution in [0.5, 0.6) is 0 Å². The van der Waals surface area contributed by atoms with Crippen LogP contribution in [-0.4, -0.2) is 93.5 Å². The van der Waals surface area contributed by atoms with Crippen molar-refractivity contribution in [1.29, 1.82) is 0 Å². The van der Waals surface area contributed by atoms with Crippen molar-refractivity contribution in [2.24, 2.45) is 8.35 Å². The SMILES string of the molecule is [NH2][In]=[N][InH][NH][InH][NH][InH][NH2]. The number of nitrogens with two attached hydrogens (primary N) is 2. The molecule has 0 saturated carbocycles. The van der Waals surface area contributed by atoms with Crippen LogP contribution in [0, 0.1) is 0 Å². The molecule has 5 nitrogen and oxygen atoms in total. The van der Waals surface area contributed by atoms with E-state index < -0.39 is 93.5 Å². The predicted octanol–water partition coefficient (Wildman–Crippen LogP) is -4.31. The van der Waals surface area contributed by atoms with Gasteiger partial charge < -0.3 is 0 Å². The van der Waals surface area contributed by atoms with Crippen LogP contribution in [0.25, 0.3) is 0 Å². The Morgan fingerprint density at radius 1 is 1.44 bits per heavy atom. The van der Waals surface area contributed by atoms with E-state index in [4.69, 9.17) is 7.44 Å². The van der Waals surface area contributed by atoms with Crippen molar-refractivity contribution < 1.29 is 0 Å². The summed E-state index contributed by atoms with van der Waals surface area (Å²) in [6.07, 6.45) is 0. The summed E-state index contributed by atoms with van der Waals surface area (Å²) < 4.78 is 21.9. The van der Waals surface area contributed by atoms with Crippen LogP contribution < -0.4 is 10.0 Å². The number of hydrogen-bond donors (Lipinski definition) is 4. The third-order valence-corrected chi connectivity index (χ3v) is 31.6. The fraction of sp³-hybridized carbons (Fsp3) is 0. The molecule has 0 fully saturated rings. The molecule has 0 rings (SSSR count). The molecule has 0 aromatic carbocycles. The van der Waals surface area contributed by atoms with Gasteiger partial charge in [-0.2, -0.15) is 0 Å². The molecule has 0 aliphatic carbocycles. The second-order valence-corrected chi connectivity index (χ2v) is 35.3. The van der Waals surface area contributed by atoms with E-state index in [1.165, 1.54) is 0 Å². The maximum absolute atomic E-state index is 5.43. The van der Waals surface area contributed by atoms with Gasteiger partial charge in [-0.05, 0) is 0 Å². The van der Waals surface area contributed by atoms with E-state index in [1.807, 2.05) is 0 Å². The van der Waals surface area contributed by atoms with Crippen LogP contribution in [0.1, 0.15) is 0 Å². The summed E-state index contributed by atoms with van der Waals surface area (Å²) in [5.74, 6) is 0. The van der Waals surface area contributed by atoms with Crippen LogP contribution in [0.2, 0.25) is 0 Å². The van der Waals surface area contributed by atoms with Crippen molar-refractivity contribution >= 4 is 93.5 Å². The molecule has 0 saturated heterocycles. The summed E-state index contributed by atoms with van der Waals surface area (Å²) in [5.41, 5.74) is 0. The van der Waals surface area contributed by atoms with E-state index in [1.54, 1.807) is 0 Å². The van der Waals surface area contributed by atoms with Crippen molar-refractivity contribution in [3.8, 4) is 0 Å². The molecule has 0 aliphatic rings. The topological polar surface area (TPSA) is 88.5 Å². The Morgan fingerprint density at radius 2 is 2.22 bits per heavy atom. The van der Waals surface area contributed by atoms with E-state index in [9.17, 15) is 0 Å². The van der Waals surface area contributed by atoms with Gasteiger partial charge in [-0.1, -0.05) is 0 Å². The summed E-state index contributed by atoms with van der Waals surface area (Å²) >= 11 is -3.23. The molecule has 0 aliphatic heterocycles. The number of rotatable bonds is 5. The fourth-order valence-electron chi connectivity index (χ4n) is 0.334. The van der Waals surface area contributed by atoms with E-state index in [0.717, 1.165) is 0 Å². The third kappa shape index (κ3) is 11.0. The van der Waals surface area contributed by atoms with Crippen LogP contribution >= 0.6 is 0 Å². The number of hydrogen-bond acceptors (Lipinski definition) is 4. The van der Waals surface area contributed by atoms with Crippen molar-refractivity contribution in [3.63, 3.8) is 0 Å². The Bertz CT molecular complexity index is 71.4. The molecule has 9 heavy (non-hydrogen) atoms. The predicted molar refractivity (Wildman–Crippen MR) is 44.3 cm³/mol. The third-order valence-electron chi connectivity index (χ3n) is 0.703. The molecule has 0 aromatic heterocycles. The molecule has 6 N–H and O–H groups in total. The van der Waals surface area contributed by atoms with Gasteiger partial charge in [0, 0.05) is 0 Å². The minimum absolute atomic E-state index is 0.711. The monoisotopic (exact) mass is 539 g/mol. The molecule has 0 heterocycles. The molecule has 0 aromatic rings. The maximum atomic E-state index is 5.43. The Hall–Kier alpha value is 2.96. The number of nitrogens with zero attached hydrogens (tertiary/aromatic N) is 1. The molecule has 0 radical (unpaired) electrons. The van der Waals surface area contributed by atoms with Crippen molar-refractivity contribution in [3.05, 3.63) is 0 Å². The zero-order valence-corrected chi connectivity index (χ0v) is 20.7. The average molecular weight is 538 g/mol. The molecule has 0 spiro atoms. The van der Waals surface area contributed by atoms with E-state index in [-0.39, 0.29) is 0 Å². The first-order valence-corrected chi connectivity index (χ1v) is 18.3. The molecule has 46 valence electrons. The molecule has 0 atom stereocenters. The number of nitrogens with one attached hydrogen (secondary N) is 2. The molecule has 0 unspecified atom stereocenters. The standard InChI is InChI=1S/4In.2H2N.2HN.N.3H/h;;;;2*1H2;2*1H;;;;/q;;2*+1;2*-1;;;;;;. The average Bonchev–Trinajstić information content (AvgIpc) is 1.89. The molecule has 0 amide bonds. The molecule has 0 bridgehead atoms. The van der Waals surface area contributed by atoms with Crippen molar-refractivity contribution in [1.82, 2.24) is 2.58 Å². The second kappa shape index (κ2) is 11.0. The van der Waals surface area contributed by atoms with Crippen LogP contribution in [-0.2, 0) is 0 Å². The van der Waals surface area contributed by atoms with Crippen LogP contribution in [0.3, 0.4) is 0 Å². The zero-order valence-electron chi connectivity index (χ0n) is 5.30. The first kappa shape index (κ1) is 12.0. The van der Waals surface area contributed by atoms with Gasteiger partial charge in [0.05, 0.1) is 0 Å². The summed E-state index contributed by atoms with van der Waals surface area (Å²) in [5, 5.41) is 0. The normalized spacial score (nSPS) is 8.56. The Kier molecular flexibility index (Phi) is 14.6. The van der Waals surface area contributed by atoms with Crippen molar-refractivity contribution in [2.75, 3.05) is 0 Å². The Morgan fingerprint density at radius 3 is 2.78 bits per heavy atom.